The molecule has 102 valence electrons. The van der Waals surface area contributed by atoms with Crippen LogP contribution in [0.25, 0.3) is 0 Å². The van der Waals surface area contributed by atoms with Gasteiger partial charge in [0.2, 0.25) is 0 Å². The van der Waals surface area contributed by atoms with Gasteiger partial charge in [-0.3, -0.25) is 0 Å². The van der Waals surface area contributed by atoms with E-state index >= 15 is 0 Å². The van der Waals surface area contributed by atoms with Crippen molar-refractivity contribution < 1.29 is 4.39 Å². The molecule has 0 spiro atoms. The SMILES string of the molecule is CCCNC(Cc1cc(Cl)ccc1F)C(C)(C)C. The van der Waals surface area contributed by atoms with Crippen LogP contribution in [0.4, 0.5) is 4.39 Å². The van der Waals surface area contributed by atoms with Crippen LogP contribution in [0.2, 0.25) is 5.02 Å². The third-order valence-corrected chi connectivity index (χ3v) is 3.35. The topological polar surface area (TPSA) is 12.0 Å². The van der Waals surface area contributed by atoms with Crippen LogP contribution in [-0.2, 0) is 6.42 Å². The Kier molecular flexibility index (Phi) is 5.61. The number of benzene rings is 1. The van der Waals surface area contributed by atoms with Crippen LogP contribution in [0, 0.1) is 11.2 Å². The first-order valence-corrected chi connectivity index (χ1v) is 6.89. The van der Waals surface area contributed by atoms with E-state index in [1.165, 1.54) is 6.07 Å². The largest absolute Gasteiger partial charge is 0.313 e. The average Bonchev–Trinajstić information content (AvgIpc) is 2.27. The fourth-order valence-electron chi connectivity index (χ4n) is 1.92. The summed E-state index contributed by atoms with van der Waals surface area (Å²) in [5.74, 6) is -0.174. The highest BCUT2D eigenvalue weighted by Crippen LogP contribution is 2.25. The lowest BCUT2D eigenvalue weighted by molar-refractivity contribution is 0.265. The van der Waals surface area contributed by atoms with Crippen molar-refractivity contribution in [3.63, 3.8) is 0 Å². The van der Waals surface area contributed by atoms with Gasteiger partial charge in [-0.05, 0) is 48.6 Å². The zero-order valence-electron chi connectivity index (χ0n) is 11.7. The molecule has 1 aromatic carbocycles. The predicted molar refractivity (Wildman–Crippen MR) is 76.7 cm³/mol. The first-order valence-electron chi connectivity index (χ1n) is 6.52. The van der Waals surface area contributed by atoms with Crippen molar-refractivity contribution in [3.8, 4) is 0 Å². The monoisotopic (exact) mass is 271 g/mol. The van der Waals surface area contributed by atoms with Crippen molar-refractivity contribution in [1.29, 1.82) is 0 Å². The zero-order valence-corrected chi connectivity index (χ0v) is 12.4. The molecule has 1 nitrogen and oxygen atoms in total. The molecule has 0 saturated heterocycles. The van der Waals surface area contributed by atoms with Crippen LogP contribution in [0.5, 0.6) is 0 Å². The summed E-state index contributed by atoms with van der Waals surface area (Å²) in [5, 5.41) is 4.09. The van der Waals surface area contributed by atoms with Crippen LogP contribution in [-0.4, -0.2) is 12.6 Å². The van der Waals surface area contributed by atoms with Gasteiger partial charge in [0.05, 0.1) is 0 Å². The van der Waals surface area contributed by atoms with E-state index in [0.717, 1.165) is 13.0 Å². The lowest BCUT2D eigenvalue weighted by Gasteiger charge is -2.32. The Morgan fingerprint density at radius 1 is 1.33 bits per heavy atom. The molecule has 1 aromatic rings. The Labute approximate surface area is 115 Å². The van der Waals surface area contributed by atoms with Gasteiger partial charge in [-0.1, -0.05) is 39.3 Å². The number of hydrogen-bond acceptors (Lipinski definition) is 1. The molecule has 1 unspecified atom stereocenters. The smallest absolute Gasteiger partial charge is 0.126 e. The minimum absolute atomic E-state index is 0.0872. The van der Waals surface area contributed by atoms with E-state index in [-0.39, 0.29) is 17.3 Å². The van der Waals surface area contributed by atoms with Crippen molar-refractivity contribution in [2.45, 2.75) is 46.6 Å². The summed E-state index contributed by atoms with van der Waals surface area (Å²) in [6, 6.07) is 5.00. The Hall–Kier alpha value is -0.600. The zero-order chi connectivity index (χ0) is 13.8. The highest BCUT2D eigenvalue weighted by Gasteiger charge is 2.25. The molecule has 0 aromatic heterocycles. The molecule has 0 aliphatic carbocycles. The minimum Gasteiger partial charge on any atom is -0.313 e. The highest BCUT2D eigenvalue weighted by atomic mass is 35.5. The summed E-state index contributed by atoms with van der Waals surface area (Å²) in [6.07, 6.45) is 1.74. The molecule has 0 saturated carbocycles. The summed E-state index contributed by atoms with van der Waals surface area (Å²) in [5.41, 5.74) is 0.773. The van der Waals surface area contributed by atoms with Gasteiger partial charge < -0.3 is 5.32 Å². The van der Waals surface area contributed by atoms with Gasteiger partial charge in [0.15, 0.2) is 0 Å². The summed E-state index contributed by atoms with van der Waals surface area (Å²) >= 11 is 5.93. The van der Waals surface area contributed by atoms with Gasteiger partial charge in [-0.15, -0.1) is 0 Å². The van der Waals surface area contributed by atoms with Gasteiger partial charge in [-0.25, -0.2) is 4.39 Å². The second kappa shape index (κ2) is 6.53. The lowest BCUT2D eigenvalue weighted by atomic mass is 9.83. The quantitative estimate of drug-likeness (QED) is 0.835. The first kappa shape index (κ1) is 15.5. The standard InChI is InChI=1S/C15H23ClFN/c1-5-8-18-14(15(2,3)4)10-11-9-12(16)6-7-13(11)17/h6-7,9,14,18H,5,8,10H2,1-4H3. The van der Waals surface area contributed by atoms with Gasteiger partial charge >= 0.3 is 0 Å². The van der Waals surface area contributed by atoms with Gasteiger partial charge in [0.25, 0.3) is 0 Å². The Morgan fingerprint density at radius 2 is 2.00 bits per heavy atom. The van der Waals surface area contributed by atoms with Gasteiger partial charge in [-0.2, -0.15) is 0 Å². The molecular weight excluding hydrogens is 249 g/mol. The van der Waals surface area contributed by atoms with Crippen LogP contribution >= 0.6 is 11.6 Å². The predicted octanol–water partition coefficient (Wildman–Crippen LogP) is 4.44. The third kappa shape index (κ3) is 4.58. The van der Waals surface area contributed by atoms with E-state index in [1.54, 1.807) is 12.1 Å². The molecule has 0 bridgehead atoms. The second-order valence-corrected chi connectivity index (χ2v) is 6.25. The molecule has 0 fully saturated rings. The van der Waals surface area contributed by atoms with Crippen LogP contribution in [0.3, 0.4) is 0 Å². The number of halogens is 2. The van der Waals surface area contributed by atoms with Gasteiger partial charge in [0.1, 0.15) is 5.82 Å². The average molecular weight is 272 g/mol. The number of nitrogens with one attached hydrogen (secondary N) is 1. The van der Waals surface area contributed by atoms with E-state index in [2.05, 4.69) is 33.0 Å². The molecule has 1 rings (SSSR count). The first-order chi connectivity index (χ1) is 8.34. The van der Waals surface area contributed by atoms with E-state index in [1.807, 2.05) is 0 Å². The molecule has 0 heterocycles. The van der Waals surface area contributed by atoms with E-state index < -0.39 is 0 Å². The lowest BCUT2D eigenvalue weighted by Crippen LogP contribution is -2.42. The van der Waals surface area contributed by atoms with Crippen LogP contribution in [0.1, 0.15) is 39.7 Å². The Bertz CT molecular complexity index is 385. The molecule has 3 heteroatoms. The molecular formula is C15H23ClFN. The van der Waals surface area contributed by atoms with E-state index in [0.29, 0.717) is 17.0 Å². The van der Waals surface area contributed by atoms with E-state index in [4.69, 9.17) is 11.6 Å². The molecule has 0 aliphatic rings. The molecule has 0 aliphatic heterocycles. The summed E-state index contributed by atoms with van der Waals surface area (Å²) in [4.78, 5) is 0. The van der Waals surface area contributed by atoms with Gasteiger partial charge in [0, 0.05) is 11.1 Å². The molecule has 0 amide bonds. The number of rotatable bonds is 5. The maximum atomic E-state index is 13.8. The Balaban J connectivity index is 2.85. The fourth-order valence-corrected chi connectivity index (χ4v) is 2.12. The third-order valence-electron chi connectivity index (χ3n) is 3.12. The highest BCUT2D eigenvalue weighted by molar-refractivity contribution is 6.30. The van der Waals surface area contributed by atoms with Crippen LogP contribution < -0.4 is 5.32 Å². The molecule has 1 atom stereocenters. The molecule has 0 radical (unpaired) electrons. The molecule has 18 heavy (non-hydrogen) atoms. The fraction of sp³-hybridized carbons (Fsp3) is 0.600. The van der Waals surface area contributed by atoms with E-state index in [9.17, 15) is 4.39 Å². The number of hydrogen-bond donors (Lipinski definition) is 1. The van der Waals surface area contributed by atoms with Crippen molar-refractivity contribution in [3.05, 3.63) is 34.6 Å². The Morgan fingerprint density at radius 3 is 2.56 bits per heavy atom. The summed E-state index contributed by atoms with van der Waals surface area (Å²) in [6.45, 7) is 9.59. The summed E-state index contributed by atoms with van der Waals surface area (Å²) in [7, 11) is 0. The maximum Gasteiger partial charge on any atom is 0.126 e. The normalized spacial score (nSPS) is 13.7. The maximum absolute atomic E-state index is 13.8. The van der Waals surface area contributed by atoms with Crippen molar-refractivity contribution >= 4 is 11.6 Å². The summed E-state index contributed by atoms with van der Waals surface area (Å²) < 4.78 is 13.8. The second-order valence-electron chi connectivity index (χ2n) is 5.81. The van der Waals surface area contributed by atoms with Crippen LogP contribution in [0.15, 0.2) is 18.2 Å². The minimum atomic E-state index is -0.174. The van der Waals surface area contributed by atoms with Crippen molar-refractivity contribution in [2.75, 3.05) is 6.54 Å². The van der Waals surface area contributed by atoms with Crippen molar-refractivity contribution in [1.82, 2.24) is 5.32 Å². The van der Waals surface area contributed by atoms with Crippen molar-refractivity contribution in [2.24, 2.45) is 5.41 Å². The molecule has 1 N–H and O–H groups in total.